The number of unbranched alkanes of at least 4 members (excludes halogenated alkanes) is 2. The van der Waals surface area contributed by atoms with Gasteiger partial charge in [0.25, 0.3) is 0 Å². The van der Waals surface area contributed by atoms with E-state index in [0.29, 0.717) is 38.1 Å². The Balaban J connectivity index is 1.50. The molecule has 220 valence electrons. The summed E-state index contributed by atoms with van der Waals surface area (Å²) >= 11 is 0. The van der Waals surface area contributed by atoms with Crippen LogP contribution in [0.2, 0.25) is 0 Å². The van der Waals surface area contributed by atoms with Gasteiger partial charge in [-0.3, -0.25) is 19.3 Å². The lowest BCUT2D eigenvalue weighted by Gasteiger charge is -2.59. The molecule has 1 aliphatic carbocycles. The Morgan fingerprint density at radius 2 is 1.83 bits per heavy atom. The Hall–Kier alpha value is -3.45. The van der Waals surface area contributed by atoms with Gasteiger partial charge in [-0.05, 0) is 74.8 Å². The number of ether oxygens (including phenoxy) is 2. The molecule has 1 aliphatic heterocycles. The van der Waals surface area contributed by atoms with Crippen LogP contribution in [-0.2, 0) is 31.0 Å². The average Bonchev–Trinajstić information content (AvgIpc) is 2.93. The highest BCUT2D eigenvalue weighted by Crippen LogP contribution is 2.54. The molecule has 0 aromatic heterocycles. The first-order valence-electron chi connectivity index (χ1n) is 14.9. The zero-order valence-electron chi connectivity index (χ0n) is 24.5. The quantitative estimate of drug-likeness (QED) is 0.159. The van der Waals surface area contributed by atoms with Crippen molar-refractivity contribution in [3.8, 4) is 5.75 Å². The lowest BCUT2D eigenvalue weighted by Crippen LogP contribution is -2.68. The molecule has 1 heterocycles. The lowest BCUT2D eigenvalue weighted by atomic mass is 9.55. The topological polar surface area (TPSA) is 84.9 Å². The molecule has 0 spiro atoms. The van der Waals surface area contributed by atoms with Crippen LogP contribution < -0.4 is 10.1 Å². The van der Waals surface area contributed by atoms with Crippen molar-refractivity contribution >= 4 is 17.8 Å². The minimum absolute atomic E-state index is 0.0427. The number of fused-ring (bicyclic) bond motifs is 1. The Bertz CT molecular complexity index is 1210. The third kappa shape index (κ3) is 7.64. The molecule has 2 aliphatic rings. The van der Waals surface area contributed by atoms with Gasteiger partial charge in [0, 0.05) is 44.8 Å². The lowest BCUT2D eigenvalue weighted by molar-refractivity contribution is -0.186. The van der Waals surface area contributed by atoms with E-state index in [-0.39, 0.29) is 23.9 Å². The van der Waals surface area contributed by atoms with Gasteiger partial charge >= 0.3 is 11.9 Å². The van der Waals surface area contributed by atoms with Crippen LogP contribution in [0.4, 0.5) is 0 Å². The van der Waals surface area contributed by atoms with Crippen LogP contribution in [0.1, 0.15) is 76.3 Å². The maximum atomic E-state index is 13.0. The molecule has 41 heavy (non-hydrogen) atoms. The second-order valence-corrected chi connectivity index (χ2v) is 11.6. The first-order valence-corrected chi connectivity index (χ1v) is 14.9. The summed E-state index contributed by atoms with van der Waals surface area (Å²) < 4.78 is 11.7. The fourth-order valence-electron chi connectivity index (χ4n) is 6.91. The van der Waals surface area contributed by atoms with Gasteiger partial charge in [0.05, 0.1) is 0 Å². The summed E-state index contributed by atoms with van der Waals surface area (Å²) in [6, 6.07) is 18.0. The minimum Gasteiger partial charge on any atom is -0.457 e. The number of rotatable bonds is 12. The van der Waals surface area contributed by atoms with Crippen LogP contribution in [0, 0.1) is 0 Å². The first kappa shape index (κ1) is 30.5. The maximum Gasteiger partial charge on any atom is 0.308 e. The predicted octanol–water partition coefficient (Wildman–Crippen LogP) is 5.52. The van der Waals surface area contributed by atoms with Gasteiger partial charge in [-0.1, -0.05) is 55.0 Å². The van der Waals surface area contributed by atoms with Crippen molar-refractivity contribution in [3.63, 3.8) is 0 Å². The van der Waals surface area contributed by atoms with Crippen molar-refractivity contribution in [2.45, 2.75) is 88.7 Å². The van der Waals surface area contributed by atoms with Gasteiger partial charge in [-0.15, -0.1) is 6.58 Å². The highest BCUT2D eigenvalue weighted by Gasteiger charge is 2.60. The highest BCUT2D eigenvalue weighted by atomic mass is 16.6. The van der Waals surface area contributed by atoms with Crippen LogP contribution in [-0.4, -0.2) is 54.0 Å². The van der Waals surface area contributed by atoms with E-state index in [9.17, 15) is 14.4 Å². The third-order valence-corrected chi connectivity index (χ3v) is 8.65. The molecule has 3 atom stereocenters. The SMILES string of the molecule is C=CCN1CCC2(c3cccc(OC(C)=O)c3)CC(NC(=O)CCCCCc3ccccc3)CCC2(OC(C)=O)C1. The molecule has 2 fully saturated rings. The summed E-state index contributed by atoms with van der Waals surface area (Å²) in [7, 11) is 0. The van der Waals surface area contributed by atoms with E-state index in [2.05, 4.69) is 41.1 Å². The van der Waals surface area contributed by atoms with Crippen LogP contribution in [0.5, 0.6) is 5.75 Å². The molecule has 1 N–H and O–H groups in total. The summed E-state index contributed by atoms with van der Waals surface area (Å²) in [5, 5.41) is 3.31. The Labute approximate surface area is 244 Å². The molecule has 2 aromatic carbocycles. The molecule has 4 rings (SSSR count). The van der Waals surface area contributed by atoms with E-state index in [1.807, 2.05) is 30.3 Å². The van der Waals surface area contributed by atoms with Crippen LogP contribution in [0.15, 0.2) is 67.3 Å². The third-order valence-electron chi connectivity index (χ3n) is 8.65. The molecule has 0 bridgehead atoms. The van der Waals surface area contributed by atoms with Crippen molar-refractivity contribution in [1.82, 2.24) is 10.2 Å². The fraction of sp³-hybridized carbons (Fsp3) is 0.500. The Kier molecular flexibility index (Phi) is 10.4. The maximum absolute atomic E-state index is 13.0. The van der Waals surface area contributed by atoms with Crippen molar-refractivity contribution in [1.29, 1.82) is 0 Å². The standard InChI is InChI=1S/C34H44N2O5/c1-4-21-36-22-20-33(29-15-11-16-31(23-29)40-26(2)37)24-30(18-19-34(33,25-36)41-27(3)38)35-32(39)17-10-6-9-14-28-12-7-5-8-13-28/h4-5,7-8,11-13,15-16,23,30H,1,6,9-10,14,17-22,24-25H2,2-3H3,(H,35,39). The second-order valence-electron chi connectivity index (χ2n) is 11.6. The number of carbonyl (C=O) groups is 3. The van der Waals surface area contributed by atoms with E-state index >= 15 is 0 Å². The van der Waals surface area contributed by atoms with Crippen LogP contribution >= 0.6 is 0 Å². The summed E-state index contributed by atoms with van der Waals surface area (Å²) in [6.45, 7) is 8.85. The summed E-state index contributed by atoms with van der Waals surface area (Å²) in [5.74, 6) is -0.160. The normalized spacial score (nSPS) is 24.1. The van der Waals surface area contributed by atoms with Crippen LogP contribution in [0.3, 0.4) is 0 Å². The zero-order chi connectivity index (χ0) is 29.3. The van der Waals surface area contributed by atoms with Gasteiger partial charge in [-0.25, -0.2) is 0 Å². The molecular weight excluding hydrogens is 516 g/mol. The predicted molar refractivity (Wildman–Crippen MR) is 160 cm³/mol. The number of carbonyl (C=O) groups excluding carboxylic acids is 3. The number of aryl methyl sites for hydroxylation is 1. The first-order chi connectivity index (χ1) is 19.7. The van der Waals surface area contributed by atoms with E-state index in [1.54, 1.807) is 6.07 Å². The van der Waals surface area contributed by atoms with Gasteiger partial charge in [0.1, 0.15) is 11.4 Å². The van der Waals surface area contributed by atoms with Gasteiger partial charge < -0.3 is 14.8 Å². The van der Waals surface area contributed by atoms with E-state index < -0.39 is 11.0 Å². The smallest absolute Gasteiger partial charge is 0.308 e. The van der Waals surface area contributed by atoms with Crippen molar-refractivity contribution in [3.05, 3.63) is 78.4 Å². The molecule has 1 amide bonds. The molecule has 2 aromatic rings. The fourth-order valence-corrected chi connectivity index (χ4v) is 6.91. The second kappa shape index (κ2) is 13.9. The Morgan fingerprint density at radius 1 is 1.02 bits per heavy atom. The number of hydrogen-bond donors (Lipinski definition) is 1. The molecule has 0 radical (unpaired) electrons. The number of benzene rings is 2. The van der Waals surface area contributed by atoms with Gasteiger partial charge in [0.2, 0.25) is 5.91 Å². The summed E-state index contributed by atoms with van der Waals surface area (Å²) in [4.78, 5) is 39.6. The number of nitrogens with zero attached hydrogens (tertiary/aromatic N) is 1. The van der Waals surface area contributed by atoms with E-state index in [4.69, 9.17) is 9.47 Å². The molecule has 1 saturated carbocycles. The highest BCUT2D eigenvalue weighted by molar-refractivity contribution is 5.76. The van der Waals surface area contributed by atoms with Crippen molar-refractivity contribution in [2.24, 2.45) is 0 Å². The average molecular weight is 561 g/mol. The molecular formula is C34H44N2O5. The molecule has 1 saturated heterocycles. The number of amides is 1. The van der Waals surface area contributed by atoms with E-state index in [1.165, 1.54) is 19.4 Å². The van der Waals surface area contributed by atoms with Gasteiger partial charge in [-0.2, -0.15) is 0 Å². The minimum atomic E-state index is -0.770. The number of likely N-dealkylation sites (tertiary alicyclic amines) is 1. The van der Waals surface area contributed by atoms with Crippen molar-refractivity contribution < 1.29 is 23.9 Å². The number of esters is 2. The van der Waals surface area contributed by atoms with E-state index in [0.717, 1.165) is 50.6 Å². The number of nitrogens with one attached hydrogen (secondary N) is 1. The monoisotopic (exact) mass is 560 g/mol. The van der Waals surface area contributed by atoms with Crippen LogP contribution in [0.25, 0.3) is 0 Å². The molecule has 3 unspecified atom stereocenters. The summed E-state index contributed by atoms with van der Waals surface area (Å²) in [5.41, 5.74) is 0.986. The van der Waals surface area contributed by atoms with Gasteiger partial charge in [0.15, 0.2) is 0 Å². The largest absolute Gasteiger partial charge is 0.457 e. The number of piperidine rings is 1. The molecule has 7 nitrogen and oxygen atoms in total. The molecule has 7 heteroatoms. The van der Waals surface area contributed by atoms with Crippen molar-refractivity contribution in [2.75, 3.05) is 19.6 Å². The zero-order valence-corrected chi connectivity index (χ0v) is 24.5. The summed E-state index contributed by atoms with van der Waals surface area (Å²) in [6.07, 6.45) is 9.07. The number of hydrogen-bond acceptors (Lipinski definition) is 6. The Morgan fingerprint density at radius 3 is 2.56 bits per heavy atom.